The summed E-state index contributed by atoms with van der Waals surface area (Å²) in [6.07, 6.45) is 5.06. The highest BCUT2D eigenvalue weighted by molar-refractivity contribution is 9.10. The smallest absolute Gasteiger partial charge is 0.240 e. The lowest BCUT2D eigenvalue weighted by molar-refractivity contribution is 0.496. The van der Waals surface area contributed by atoms with E-state index in [1.807, 2.05) is 24.3 Å². The fourth-order valence-corrected chi connectivity index (χ4v) is 2.32. The molecule has 4 nitrogen and oxygen atoms in total. The van der Waals surface area contributed by atoms with Gasteiger partial charge in [-0.1, -0.05) is 28.1 Å². The first kappa shape index (κ1) is 14.6. The number of benzene rings is 1. The van der Waals surface area contributed by atoms with Gasteiger partial charge in [-0.25, -0.2) is 4.39 Å². The minimum absolute atomic E-state index is 0.369. The Bertz CT molecular complexity index is 799. The summed E-state index contributed by atoms with van der Waals surface area (Å²) in [4.78, 5) is 3.92. The first-order valence-electron chi connectivity index (χ1n) is 6.55. The number of aromatic nitrogens is 3. The van der Waals surface area contributed by atoms with Gasteiger partial charge >= 0.3 is 0 Å². The van der Waals surface area contributed by atoms with E-state index in [2.05, 4.69) is 31.1 Å². The Labute approximate surface area is 134 Å². The summed E-state index contributed by atoms with van der Waals surface area (Å²) in [6, 6.07) is 10.8. The van der Waals surface area contributed by atoms with Crippen molar-refractivity contribution in [3.05, 3.63) is 75.9 Å². The zero-order valence-electron chi connectivity index (χ0n) is 11.4. The first-order valence-corrected chi connectivity index (χ1v) is 7.35. The van der Waals surface area contributed by atoms with E-state index in [9.17, 15) is 4.39 Å². The summed E-state index contributed by atoms with van der Waals surface area (Å²) in [7, 11) is 0. The van der Waals surface area contributed by atoms with Crippen molar-refractivity contribution in [1.29, 1.82) is 0 Å². The van der Waals surface area contributed by atoms with Crippen molar-refractivity contribution in [2.24, 2.45) is 0 Å². The molecule has 3 rings (SSSR count). The van der Waals surface area contributed by atoms with Gasteiger partial charge in [0.15, 0.2) is 0 Å². The molecule has 0 N–H and O–H groups in total. The molecule has 22 heavy (non-hydrogen) atoms. The lowest BCUT2D eigenvalue weighted by Gasteiger charge is -1.97. The topological polar surface area (TPSA) is 51.8 Å². The van der Waals surface area contributed by atoms with E-state index in [1.54, 1.807) is 18.2 Å². The van der Waals surface area contributed by atoms with Gasteiger partial charge in [0.2, 0.25) is 11.8 Å². The molecule has 0 spiro atoms. The van der Waals surface area contributed by atoms with Crippen molar-refractivity contribution in [1.82, 2.24) is 15.2 Å². The molecule has 2 aromatic heterocycles. The molecule has 0 aliphatic rings. The molecule has 6 heteroatoms. The lowest BCUT2D eigenvalue weighted by Crippen LogP contribution is -1.87. The summed E-state index contributed by atoms with van der Waals surface area (Å²) >= 11 is 3.43. The zero-order chi connectivity index (χ0) is 15.4. The van der Waals surface area contributed by atoms with E-state index in [4.69, 9.17) is 4.42 Å². The quantitative estimate of drug-likeness (QED) is 0.702. The van der Waals surface area contributed by atoms with Gasteiger partial charge in [0.1, 0.15) is 5.82 Å². The molecule has 0 atom stereocenters. The van der Waals surface area contributed by atoms with Crippen molar-refractivity contribution in [3.63, 3.8) is 0 Å². The third kappa shape index (κ3) is 3.85. The first-order chi connectivity index (χ1) is 10.7. The van der Waals surface area contributed by atoms with Crippen LogP contribution in [0.2, 0.25) is 0 Å². The highest BCUT2D eigenvalue weighted by Crippen LogP contribution is 2.15. The maximum Gasteiger partial charge on any atom is 0.240 e. The Hall–Kier alpha value is -2.34. The van der Waals surface area contributed by atoms with E-state index in [1.165, 1.54) is 6.07 Å². The molecule has 2 heterocycles. The van der Waals surface area contributed by atoms with E-state index >= 15 is 0 Å². The third-order valence-corrected chi connectivity index (χ3v) is 3.37. The lowest BCUT2D eigenvalue weighted by atomic mass is 10.1. The maximum absolute atomic E-state index is 12.8. The van der Waals surface area contributed by atoms with Gasteiger partial charge in [-0.15, -0.1) is 10.2 Å². The Morgan fingerprint density at radius 2 is 2.05 bits per heavy atom. The molecule has 0 saturated heterocycles. The fraction of sp³-hybridized carbons (Fsp3) is 0.0625. The van der Waals surface area contributed by atoms with Crippen molar-refractivity contribution in [2.75, 3.05) is 0 Å². The van der Waals surface area contributed by atoms with Crippen LogP contribution in [0.4, 0.5) is 4.39 Å². The summed E-state index contributed by atoms with van der Waals surface area (Å²) in [6.45, 7) is 0. The monoisotopic (exact) mass is 359 g/mol. The van der Waals surface area contributed by atoms with Crippen LogP contribution in [0.1, 0.15) is 23.0 Å². The summed E-state index contributed by atoms with van der Waals surface area (Å²) in [5.41, 5.74) is 1.70. The molecule has 0 aliphatic heterocycles. The number of hydrogen-bond acceptors (Lipinski definition) is 4. The van der Waals surface area contributed by atoms with Gasteiger partial charge in [-0.2, -0.15) is 0 Å². The number of nitrogens with zero attached hydrogens (tertiary/aromatic N) is 3. The Balaban J connectivity index is 1.69. The van der Waals surface area contributed by atoms with Crippen molar-refractivity contribution >= 4 is 28.1 Å². The van der Waals surface area contributed by atoms with E-state index in [0.29, 0.717) is 23.9 Å². The van der Waals surface area contributed by atoms with Crippen molar-refractivity contribution in [2.45, 2.75) is 6.42 Å². The molecule has 0 amide bonds. The predicted octanol–water partition coefficient (Wildman–Crippen LogP) is 4.13. The van der Waals surface area contributed by atoms with Crippen LogP contribution in [0.25, 0.3) is 12.2 Å². The minimum atomic E-state index is -0.369. The van der Waals surface area contributed by atoms with Gasteiger partial charge in [-0.05, 0) is 35.9 Å². The summed E-state index contributed by atoms with van der Waals surface area (Å²) in [5.74, 6) is 0.548. The number of pyridine rings is 1. The van der Waals surface area contributed by atoms with Gasteiger partial charge < -0.3 is 4.42 Å². The second-order valence-corrected chi connectivity index (χ2v) is 5.49. The van der Waals surface area contributed by atoms with Gasteiger partial charge in [-0.3, -0.25) is 4.98 Å². The SMILES string of the molecule is Fc1ccc(/C=C/c2nnc(Cc3cccc(Br)c3)o2)nc1. The Morgan fingerprint density at radius 3 is 2.82 bits per heavy atom. The molecule has 0 unspecified atom stereocenters. The molecule has 1 aromatic carbocycles. The number of hydrogen-bond donors (Lipinski definition) is 0. The van der Waals surface area contributed by atoms with Gasteiger partial charge in [0.25, 0.3) is 0 Å². The second kappa shape index (κ2) is 6.62. The molecule has 0 fully saturated rings. The normalized spacial score (nSPS) is 11.2. The number of rotatable bonds is 4. The van der Waals surface area contributed by atoms with Crippen molar-refractivity contribution in [3.8, 4) is 0 Å². The van der Waals surface area contributed by atoms with Gasteiger partial charge in [0.05, 0.1) is 18.3 Å². The molecule has 0 aliphatic carbocycles. The number of halogens is 2. The molecular formula is C16H11BrFN3O. The second-order valence-electron chi connectivity index (χ2n) is 4.58. The molecular weight excluding hydrogens is 349 g/mol. The highest BCUT2D eigenvalue weighted by Gasteiger charge is 2.05. The van der Waals surface area contributed by atoms with E-state index in [-0.39, 0.29) is 5.82 Å². The predicted molar refractivity (Wildman–Crippen MR) is 84.4 cm³/mol. The van der Waals surface area contributed by atoms with Crippen LogP contribution in [0, 0.1) is 5.82 Å². The largest absolute Gasteiger partial charge is 0.421 e. The van der Waals surface area contributed by atoms with Crippen LogP contribution in [-0.4, -0.2) is 15.2 Å². The van der Waals surface area contributed by atoms with Crippen LogP contribution in [0.3, 0.4) is 0 Å². The highest BCUT2D eigenvalue weighted by atomic mass is 79.9. The Kier molecular flexibility index (Phi) is 4.39. The average Bonchev–Trinajstić information content (AvgIpc) is 2.94. The van der Waals surface area contributed by atoms with Crippen LogP contribution in [0.5, 0.6) is 0 Å². The maximum atomic E-state index is 12.8. The van der Waals surface area contributed by atoms with Crippen LogP contribution < -0.4 is 0 Å². The van der Waals surface area contributed by atoms with E-state index in [0.717, 1.165) is 16.2 Å². The third-order valence-electron chi connectivity index (χ3n) is 2.87. The van der Waals surface area contributed by atoms with Gasteiger partial charge in [0, 0.05) is 10.5 Å². The molecule has 0 radical (unpaired) electrons. The standard InChI is InChI=1S/C16H11BrFN3O/c17-12-3-1-2-11(8-12)9-16-21-20-15(22-16)7-6-14-5-4-13(18)10-19-14/h1-8,10H,9H2/b7-6+. The molecule has 110 valence electrons. The summed E-state index contributed by atoms with van der Waals surface area (Å²) < 4.78 is 19.3. The molecule has 0 bridgehead atoms. The van der Waals surface area contributed by atoms with Crippen LogP contribution >= 0.6 is 15.9 Å². The van der Waals surface area contributed by atoms with Crippen molar-refractivity contribution < 1.29 is 8.81 Å². The summed E-state index contributed by atoms with van der Waals surface area (Å²) in [5, 5.41) is 7.95. The average molecular weight is 360 g/mol. The zero-order valence-corrected chi connectivity index (χ0v) is 13.0. The molecule has 0 saturated carbocycles. The Morgan fingerprint density at radius 1 is 1.14 bits per heavy atom. The fourth-order valence-electron chi connectivity index (χ4n) is 1.87. The minimum Gasteiger partial charge on any atom is -0.421 e. The van der Waals surface area contributed by atoms with Crippen LogP contribution in [-0.2, 0) is 6.42 Å². The molecule has 3 aromatic rings. The van der Waals surface area contributed by atoms with Crippen LogP contribution in [0.15, 0.2) is 51.5 Å². The van der Waals surface area contributed by atoms with E-state index < -0.39 is 0 Å².